The topological polar surface area (TPSA) is 77.4 Å². The first kappa shape index (κ1) is 13.8. The molecule has 1 rings (SSSR count). The van der Waals surface area contributed by atoms with Crippen molar-refractivity contribution in [1.82, 2.24) is 0 Å². The van der Waals surface area contributed by atoms with Gasteiger partial charge in [0.1, 0.15) is 12.2 Å². The lowest BCUT2D eigenvalue weighted by molar-refractivity contribution is -0.0879. The molecule has 0 aliphatic carbocycles. The molecular formula is C10H20O6. The molecule has 0 aromatic rings. The Morgan fingerprint density at radius 1 is 0.562 bits per heavy atom. The van der Waals surface area contributed by atoms with E-state index < -0.39 is 12.2 Å². The Kier molecular flexibility index (Phi) is 7.65. The summed E-state index contributed by atoms with van der Waals surface area (Å²) in [6.45, 7) is 2.93. The molecule has 6 heteroatoms. The zero-order valence-electron chi connectivity index (χ0n) is 9.34. The first-order valence-electron chi connectivity index (χ1n) is 5.48. The summed E-state index contributed by atoms with van der Waals surface area (Å²) >= 11 is 0. The Balaban J connectivity index is 2.21. The quantitative estimate of drug-likeness (QED) is 0.549. The van der Waals surface area contributed by atoms with Crippen molar-refractivity contribution in [2.75, 3.05) is 52.9 Å². The summed E-state index contributed by atoms with van der Waals surface area (Å²) in [5.74, 6) is 0. The summed E-state index contributed by atoms with van der Waals surface area (Å²) in [5.41, 5.74) is 0. The molecule has 0 radical (unpaired) electrons. The second-order valence-electron chi connectivity index (χ2n) is 3.51. The van der Waals surface area contributed by atoms with Crippen LogP contribution in [0.3, 0.4) is 0 Å². The van der Waals surface area contributed by atoms with Crippen molar-refractivity contribution in [3.05, 3.63) is 0 Å². The summed E-state index contributed by atoms with van der Waals surface area (Å²) < 4.78 is 20.7. The molecule has 1 aliphatic heterocycles. The molecule has 1 heterocycles. The zero-order valence-corrected chi connectivity index (χ0v) is 9.34. The minimum Gasteiger partial charge on any atom is -0.388 e. The van der Waals surface area contributed by atoms with Gasteiger partial charge in [-0.25, -0.2) is 0 Å². The highest BCUT2D eigenvalue weighted by molar-refractivity contribution is 4.65. The Morgan fingerprint density at radius 2 is 0.875 bits per heavy atom. The second kappa shape index (κ2) is 8.86. The fraction of sp³-hybridized carbons (Fsp3) is 1.00. The first-order valence-corrected chi connectivity index (χ1v) is 5.48. The third-order valence-electron chi connectivity index (χ3n) is 2.14. The van der Waals surface area contributed by atoms with E-state index in [4.69, 9.17) is 18.9 Å². The lowest BCUT2D eigenvalue weighted by Gasteiger charge is -2.18. The van der Waals surface area contributed by atoms with E-state index in [9.17, 15) is 10.2 Å². The molecule has 2 unspecified atom stereocenters. The molecule has 0 amide bonds. The van der Waals surface area contributed by atoms with E-state index in [1.54, 1.807) is 0 Å². The highest BCUT2D eigenvalue weighted by atomic mass is 16.6. The first-order chi connectivity index (χ1) is 7.80. The molecule has 16 heavy (non-hydrogen) atoms. The molecule has 1 aliphatic rings. The minimum atomic E-state index is -0.927. The zero-order chi connectivity index (χ0) is 11.6. The minimum absolute atomic E-state index is 0.0877. The van der Waals surface area contributed by atoms with Crippen LogP contribution in [-0.2, 0) is 18.9 Å². The summed E-state index contributed by atoms with van der Waals surface area (Å²) in [6, 6.07) is 0. The van der Waals surface area contributed by atoms with Crippen LogP contribution in [0.4, 0.5) is 0 Å². The molecule has 0 spiro atoms. The van der Waals surface area contributed by atoms with E-state index in [2.05, 4.69) is 0 Å². The molecule has 0 saturated carbocycles. The normalized spacial score (nSPS) is 31.9. The van der Waals surface area contributed by atoms with Crippen LogP contribution in [-0.4, -0.2) is 75.3 Å². The predicted octanol–water partition coefficient (Wildman–Crippen LogP) is -1.21. The van der Waals surface area contributed by atoms with Gasteiger partial charge in [0.05, 0.1) is 52.9 Å². The molecule has 0 aromatic carbocycles. The van der Waals surface area contributed by atoms with E-state index in [1.165, 1.54) is 0 Å². The van der Waals surface area contributed by atoms with Crippen molar-refractivity contribution < 1.29 is 29.2 Å². The molecule has 0 aromatic heterocycles. The summed E-state index contributed by atoms with van der Waals surface area (Å²) in [6.07, 6.45) is -1.85. The molecule has 2 N–H and O–H groups in total. The molecule has 1 saturated heterocycles. The Labute approximate surface area is 95.1 Å². The van der Waals surface area contributed by atoms with Gasteiger partial charge < -0.3 is 29.2 Å². The van der Waals surface area contributed by atoms with Crippen LogP contribution >= 0.6 is 0 Å². The van der Waals surface area contributed by atoms with Crippen LogP contribution in [0.1, 0.15) is 0 Å². The van der Waals surface area contributed by atoms with Crippen LogP contribution in [0.2, 0.25) is 0 Å². The van der Waals surface area contributed by atoms with Gasteiger partial charge >= 0.3 is 0 Å². The monoisotopic (exact) mass is 236 g/mol. The van der Waals surface area contributed by atoms with E-state index in [-0.39, 0.29) is 13.2 Å². The van der Waals surface area contributed by atoms with Crippen LogP contribution in [0, 0.1) is 0 Å². The average molecular weight is 236 g/mol. The van der Waals surface area contributed by atoms with Crippen molar-refractivity contribution in [1.29, 1.82) is 0 Å². The fourth-order valence-electron chi connectivity index (χ4n) is 1.19. The summed E-state index contributed by atoms with van der Waals surface area (Å²) in [7, 11) is 0. The third kappa shape index (κ3) is 6.37. The third-order valence-corrected chi connectivity index (χ3v) is 2.14. The van der Waals surface area contributed by atoms with Crippen molar-refractivity contribution in [3.63, 3.8) is 0 Å². The van der Waals surface area contributed by atoms with Gasteiger partial charge in [-0.1, -0.05) is 0 Å². The molecule has 2 atom stereocenters. The molecule has 1 fully saturated rings. The lowest BCUT2D eigenvalue weighted by Crippen LogP contribution is -2.35. The number of rotatable bonds is 0. The molecule has 6 nitrogen and oxygen atoms in total. The van der Waals surface area contributed by atoms with Gasteiger partial charge in [0, 0.05) is 0 Å². The van der Waals surface area contributed by atoms with Crippen LogP contribution in [0.25, 0.3) is 0 Å². The van der Waals surface area contributed by atoms with Crippen molar-refractivity contribution in [2.45, 2.75) is 12.2 Å². The number of ether oxygens (including phenoxy) is 4. The van der Waals surface area contributed by atoms with Crippen molar-refractivity contribution in [2.24, 2.45) is 0 Å². The van der Waals surface area contributed by atoms with Crippen LogP contribution in [0.5, 0.6) is 0 Å². The lowest BCUT2D eigenvalue weighted by atomic mass is 10.2. The number of hydrogen-bond donors (Lipinski definition) is 2. The smallest absolute Gasteiger partial charge is 0.105 e. The maximum atomic E-state index is 9.46. The summed E-state index contributed by atoms with van der Waals surface area (Å²) in [4.78, 5) is 0. The Morgan fingerprint density at radius 3 is 1.25 bits per heavy atom. The van der Waals surface area contributed by atoms with E-state index >= 15 is 0 Å². The van der Waals surface area contributed by atoms with Gasteiger partial charge in [-0.3, -0.25) is 0 Å². The molecular weight excluding hydrogens is 216 g/mol. The Hall–Kier alpha value is -0.240. The predicted molar refractivity (Wildman–Crippen MR) is 55.3 cm³/mol. The fourth-order valence-corrected chi connectivity index (χ4v) is 1.19. The van der Waals surface area contributed by atoms with Crippen molar-refractivity contribution in [3.8, 4) is 0 Å². The highest BCUT2D eigenvalue weighted by Crippen LogP contribution is 1.97. The average Bonchev–Trinajstić information content (AvgIpc) is 2.29. The van der Waals surface area contributed by atoms with Gasteiger partial charge in [0.25, 0.3) is 0 Å². The SMILES string of the molecule is OC1COCCOCCOCCOCC1O. The second-order valence-corrected chi connectivity index (χ2v) is 3.51. The highest BCUT2D eigenvalue weighted by Gasteiger charge is 2.16. The van der Waals surface area contributed by atoms with Gasteiger partial charge in [-0.2, -0.15) is 0 Å². The number of aliphatic hydroxyl groups is 2. The van der Waals surface area contributed by atoms with E-state index in [0.29, 0.717) is 39.6 Å². The number of aliphatic hydroxyl groups excluding tert-OH is 2. The van der Waals surface area contributed by atoms with E-state index in [0.717, 1.165) is 0 Å². The van der Waals surface area contributed by atoms with Gasteiger partial charge in [0.15, 0.2) is 0 Å². The standard InChI is InChI=1S/C10H20O6/c11-9-7-15-5-3-13-1-2-14-4-6-16-8-10(9)12/h9-12H,1-8H2. The van der Waals surface area contributed by atoms with Crippen LogP contribution < -0.4 is 0 Å². The number of hydrogen-bond acceptors (Lipinski definition) is 6. The van der Waals surface area contributed by atoms with Crippen LogP contribution in [0.15, 0.2) is 0 Å². The maximum absolute atomic E-state index is 9.46. The summed E-state index contributed by atoms with van der Waals surface area (Å²) in [5, 5.41) is 18.9. The maximum Gasteiger partial charge on any atom is 0.105 e. The van der Waals surface area contributed by atoms with Gasteiger partial charge in [-0.15, -0.1) is 0 Å². The van der Waals surface area contributed by atoms with Gasteiger partial charge in [0.2, 0.25) is 0 Å². The Bertz CT molecular complexity index is 147. The van der Waals surface area contributed by atoms with Crippen molar-refractivity contribution >= 4 is 0 Å². The molecule has 0 bridgehead atoms. The molecule has 96 valence electrons. The largest absolute Gasteiger partial charge is 0.388 e. The van der Waals surface area contributed by atoms with Gasteiger partial charge in [-0.05, 0) is 0 Å². The van der Waals surface area contributed by atoms with E-state index in [1.807, 2.05) is 0 Å².